The fourth-order valence-corrected chi connectivity index (χ4v) is 4.01. The molecule has 0 radical (unpaired) electrons. The van der Waals surface area contributed by atoms with Crippen molar-refractivity contribution in [2.45, 2.75) is 44.8 Å². The minimum absolute atomic E-state index is 0.218. The lowest BCUT2D eigenvalue weighted by molar-refractivity contribution is -0.137. The number of likely N-dealkylation sites (tertiary alicyclic amines) is 1. The van der Waals surface area contributed by atoms with E-state index in [9.17, 15) is 31.5 Å². The standard InChI is InChI=1S/C24H25F5N2O2/c1-2-4-21(16-5-3-6-17(13-16)24(27,28)29)30-22(32)15-9-11-31(12-10-15)23(33)19-8-7-18(25)14-20(19)26/h3,5-8,13-15,21H,2,4,9-12H2,1H3,(H,30,32). The van der Waals surface area contributed by atoms with Crippen LogP contribution in [0.15, 0.2) is 42.5 Å². The SMILES string of the molecule is CCCC(NC(=O)C1CCN(C(=O)c2ccc(F)cc2F)CC1)c1cccc(C(F)(F)F)c1. The van der Waals surface area contributed by atoms with Crippen LogP contribution in [0.3, 0.4) is 0 Å². The van der Waals surface area contributed by atoms with Crippen LogP contribution in [-0.2, 0) is 11.0 Å². The van der Waals surface area contributed by atoms with Gasteiger partial charge in [-0.25, -0.2) is 8.78 Å². The maximum Gasteiger partial charge on any atom is 0.416 e. The third kappa shape index (κ3) is 6.09. The van der Waals surface area contributed by atoms with Crippen molar-refractivity contribution in [1.29, 1.82) is 0 Å². The van der Waals surface area contributed by atoms with Crippen LogP contribution in [0.1, 0.15) is 60.1 Å². The zero-order chi connectivity index (χ0) is 24.2. The average molecular weight is 468 g/mol. The fourth-order valence-electron chi connectivity index (χ4n) is 4.01. The first-order valence-corrected chi connectivity index (χ1v) is 10.8. The molecule has 178 valence electrons. The maximum atomic E-state index is 13.9. The lowest BCUT2D eigenvalue weighted by atomic mass is 9.93. The second-order valence-electron chi connectivity index (χ2n) is 8.16. The minimum atomic E-state index is -4.47. The number of benzene rings is 2. The molecule has 1 aliphatic rings. The number of rotatable bonds is 6. The number of alkyl halides is 3. The summed E-state index contributed by atoms with van der Waals surface area (Å²) in [4.78, 5) is 26.8. The molecule has 0 spiro atoms. The monoisotopic (exact) mass is 468 g/mol. The predicted octanol–water partition coefficient (Wildman–Crippen LogP) is 5.49. The largest absolute Gasteiger partial charge is 0.416 e. The summed E-state index contributed by atoms with van der Waals surface area (Å²) < 4.78 is 66.2. The first-order chi connectivity index (χ1) is 15.6. The normalized spacial score (nSPS) is 15.9. The van der Waals surface area contributed by atoms with Crippen LogP contribution >= 0.6 is 0 Å². The summed E-state index contributed by atoms with van der Waals surface area (Å²) >= 11 is 0. The van der Waals surface area contributed by atoms with Gasteiger partial charge < -0.3 is 10.2 Å². The summed E-state index contributed by atoms with van der Waals surface area (Å²) in [6.45, 7) is 2.32. The van der Waals surface area contributed by atoms with Crippen LogP contribution in [0.2, 0.25) is 0 Å². The topological polar surface area (TPSA) is 49.4 Å². The molecule has 3 rings (SSSR count). The van der Waals surface area contributed by atoms with Crippen molar-refractivity contribution in [3.8, 4) is 0 Å². The molecule has 2 aromatic carbocycles. The van der Waals surface area contributed by atoms with Crippen molar-refractivity contribution in [3.05, 3.63) is 70.8 Å². The van der Waals surface area contributed by atoms with Crippen molar-refractivity contribution >= 4 is 11.8 Å². The van der Waals surface area contributed by atoms with Crippen LogP contribution in [0.5, 0.6) is 0 Å². The Balaban J connectivity index is 1.63. The number of amides is 2. The Hall–Kier alpha value is -2.97. The molecule has 1 saturated heterocycles. The van der Waals surface area contributed by atoms with Gasteiger partial charge in [-0.3, -0.25) is 9.59 Å². The van der Waals surface area contributed by atoms with E-state index in [0.717, 1.165) is 24.3 Å². The van der Waals surface area contributed by atoms with Crippen molar-refractivity contribution in [2.75, 3.05) is 13.1 Å². The molecule has 2 amide bonds. The summed E-state index contributed by atoms with van der Waals surface area (Å²) in [5, 5.41) is 2.86. The molecule has 0 bridgehead atoms. The number of halogens is 5. The van der Waals surface area contributed by atoms with Crippen molar-refractivity contribution in [3.63, 3.8) is 0 Å². The Bertz CT molecular complexity index is 1000. The van der Waals surface area contributed by atoms with Crippen LogP contribution < -0.4 is 5.32 Å². The van der Waals surface area contributed by atoms with E-state index in [0.29, 0.717) is 37.3 Å². The highest BCUT2D eigenvalue weighted by atomic mass is 19.4. The van der Waals surface area contributed by atoms with E-state index in [1.54, 1.807) is 6.07 Å². The zero-order valence-corrected chi connectivity index (χ0v) is 18.1. The number of nitrogens with one attached hydrogen (secondary N) is 1. The molecule has 1 unspecified atom stereocenters. The van der Waals surface area contributed by atoms with Gasteiger partial charge in [-0.15, -0.1) is 0 Å². The lowest BCUT2D eigenvalue weighted by Gasteiger charge is -2.32. The van der Waals surface area contributed by atoms with E-state index < -0.39 is 41.2 Å². The van der Waals surface area contributed by atoms with Gasteiger partial charge in [0.1, 0.15) is 11.6 Å². The molecule has 4 nitrogen and oxygen atoms in total. The summed E-state index contributed by atoms with van der Waals surface area (Å²) in [7, 11) is 0. The molecule has 1 N–H and O–H groups in total. The van der Waals surface area contributed by atoms with E-state index in [2.05, 4.69) is 5.32 Å². The number of hydrogen-bond donors (Lipinski definition) is 1. The van der Waals surface area contributed by atoms with Gasteiger partial charge in [0.2, 0.25) is 5.91 Å². The fraction of sp³-hybridized carbons (Fsp3) is 0.417. The van der Waals surface area contributed by atoms with Gasteiger partial charge in [0.25, 0.3) is 5.91 Å². The molecule has 0 aliphatic carbocycles. The average Bonchev–Trinajstić information content (AvgIpc) is 2.78. The summed E-state index contributed by atoms with van der Waals surface area (Å²) in [5.74, 6) is -2.99. The van der Waals surface area contributed by atoms with Crippen molar-refractivity contribution in [2.24, 2.45) is 5.92 Å². The van der Waals surface area contributed by atoms with Gasteiger partial charge in [-0.05, 0) is 49.1 Å². The maximum absolute atomic E-state index is 13.9. The number of carbonyl (C=O) groups excluding carboxylic acids is 2. The Kier molecular flexibility index (Phi) is 7.71. The highest BCUT2D eigenvalue weighted by Gasteiger charge is 2.32. The van der Waals surface area contributed by atoms with Crippen LogP contribution in [0.25, 0.3) is 0 Å². The molecule has 0 saturated carbocycles. The second kappa shape index (κ2) is 10.3. The molecule has 2 aromatic rings. The number of carbonyl (C=O) groups is 2. The van der Waals surface area contributed by atoms with E-state index in [4.69, 9.17) is 0 Å². The first kappa shape index (κ1) is 24.7. The quantitative estimate of drug-likeness (QED) is 0.570. The molecular weight excluding hydrogens is 443 g/mol. The Morgan fingerprint density at radius 2 is 1.79 bits per heavy atom. The molecule has 1 fully saturated rings. The zero-order valence-electron chi connectivity index (χ0n) is 18.1. The Morgan fingerprint density at radius 1 is 1.09 bits per heavy atom. The number of nitrogens with zero attached hydrogens (tertiary/aromatic N) is 1. The van der Waals surface area contributed by atoms with E-state index >= 15 is 0 Å². The molecule has 1 heterocycles. The highest BCUT2D eigenvalue weighted by molar-refractivity contribution is 5.94. The summed E-state index contributed by atoms with van der Waals surface area (Å²) in [6.07, 6.45) is -2.66. The summed E-state index contributed by atoms with van der Waals surface area (Å²) in [6, 6.07) is 7.13. The van der Waals surface area contributed by atoms with E-state index in [-0.39, 0.29) is 24.6 Å². The molecule has 1 atom stereocenters. The van der Waals surface area contributed by atoms with Crippen molar-refractivity contribution < 1.29 is 31.5 Å². The number of hydrogen-bond acceptors (Lipinski definition) is 2. The van der Waals surface area contributed by atoms with E-state index in [1.807, 2.05) is 6.92 Å². The molecule has 0 aromatic heterocycles. The predicted molar refractivity (Wildman–Crippen MR) is 112 cm³/mol. The first-order valence-electron chi connectivity index (χ1n) is 10.8. The van der Waals surface area contributed by atoms with Gasteiger partial charge in [-0.2, -0.15) is 13.2 Å². The lowest BCUT2D eigenvalue weighted by Crippen LogP contribution is -2.44. The third-order valence-electron chi connectivity index (χ3n) is 5.82. The molecule has 1 aliphatic heterocycles. The molecule has 9 heteroatoms. The van der Waals surface area contributed by atoms with Gasteiger partial charge in [0.15, 0.2) is 0 Å². The minimum Gasteiger partial charge on any atom is -0.349 e. The molecular formula is C24H25F5N2O2. The van der Waals surface area contributed by atoms with Gasteiger partial charge >= 0.3 is 6.18 Å². The number of piperidine rings is 1. The van der Waals surface area contributed by atoms with E-state index in [1.165, 1.54) is 11.0 Å². The second-order valence-corrected chi connectivity index (χ2v) is 8.16. The van der Waals surface area contributed by atoms with Gasteiger partial charge in [-0.1, -0.05) is 25.5 Å². The Labute approximate surface area is 188 Å². The summed E-state index contributed by atoms with van der Waals surface area (Å²) in [5.41, 5.74) is -0.610. The van der Waals surface area contributed by atoms with Gasteiger partial charge in [0, 0.05) is 25.1 Å². The van der Waals surface area contributed by atoms with Crippen LogP contribution in [0, 0.1) is 17.6 Å². The third-order valence-corrected chi connectivity index (χ3v) is 5.82. The van der Waals surface area contributed by atoms with Gasteiger partial charge in [0.05, 0.1) is 17.2 Å². The highest BCUT2D eigenvalue weighted by Crippen LogP contribution is 2.32. The van der Waals surface area contributed by atoms with Crippen LogP contribution in [0.4, 0.5) is 22.0 Å². The van der Waals surface area contributed by atoms with Crippen LogP contribution in [-0.4, -0.2) is 29.8 Å². The van der Waals surface area contributed by atoms with Crippen molar-refractivity contribution in [1.82, 2.24) is 10.2 Å². The smallest absolute Gasteiger partial charge is 0.349 e. The Morgan fingerprint density at radius 3 is 2.39 bits per heavy atom. The molecule has 33 heavy (non-hydrogen) atoms.